The predicted octanol–water partition coefficient (Wildman–Crippen LogP) is 3.44. The van der Waals surface area contributed by atoms with Crippen LogP contribution in [0.5, 0.6) is 0 Å². The summed E-state index contributed by atoms with van der Waals surface area (Å²) >= 11 is 0. The Kier molecular flexibility index (Phi) is 9.14. The van der Waals surface area contributed by atoms with Gasteiger partial charge in [-0.2, -0.15) is 0 Å². The van der Waals surface area contributed by atoms with Crippen molar-refractivity contribution >= 4 is 29.9 Å². The summed E-state index contributed by atoms with van der Waals surface area (Å²) in [6.07, 6.45) is 3.70. The Labute approximate surface area is 179 Å². The molecule has 1 aromatic heterocycles. The summed E-state index contributed by atoms with van der Waals surface area (Å²) < 4.78 is 5.37. The Morgan fingerprint density at radius 3 is 2.74 bits per heavy atom. The highest BCUT2D eigenvalue weighted by molar-refractivity contribution is 14.0. The monoisotopic (exact) mass is 482 g/mol. The molecule has 0 fully saturated rings. The molecule has 2 heterocycles. The Morgan fingerprint density at radius 2 is 2.00 bits per heavy atom. The van der Waals surface area contributed by atoms with Crippen LogP contribution < -0.4 is 10.6 Å². The van der Waals surface area contributed by atoms with Crippen molar-refractivity contribution < 1.29 is 4.42 Å². The molecule has 0 saturated heterocycles. The average Bonchev–Trinajstić information content (AvgIpc) is 3.19. The smallest absolute Gasteiger partial charge is 0.191 e. The van der Waals surface area contributed by atoms with E-state index in [0.717, 1.165) is 57.3 Å². The molecule has 6 heteroatoms. The summed E-state index contributed by atoms with van der Waals surface area (Å²) in [5.41, 5.74) is 2.95. The first kappa shape index (κ1) is 21.8. The second kappa shape index (κ2) is 11.3. The molecule has 0 spiro atoms. The third-order valence-electron chi connectivity index (χ3n) is 4.89. The second-order valence-corrected chi connectivity index (χ2v) is 6.81. The van der Waals surface area contributed by atoms with Crippen LogP contribution in [0, 0.1) is 0 Å². The average molecular weight is 482 g/mol. The van der Waals surface area contributed by atoms with Gasteiger partial charge >= 0.3 is 0 Å². The summed E-state index contributed by atoms with van der Waals surface area (Å²) in [5.74, 6) is 1.87. The SMILES string of the molecule is CCNC(=NCC(C)N1CCc2ccccc2C1)NCCc1ccco1.I. The van der Waals surface area contributed by atoms with Crippen LogP contribution >= 0.6 is 24.0 Å². The van der Waals surface area contributed by atoms with Gasteiger partial charge in [-0.05, 0) is 43.5 Å². The largest absolute Gasteiger partial charge is 0.469 e. The molecular weight excluding hydrogens is 451 g/mol. The second-order valence-electron chi connectivity index (χ2n) is 6.81. The van der Waals surface area contributed by atoms with Crippen molar-refractivity contribution in [1.29, 1.82) is 0 Å². The Morgan fingerprint density at radius 1 is 1.19 bits per heavy atom. The molecule has 2 aromatic rings. The molecule has 1 atom stereocenters. The number of nitrogens with zero attached hydrogens (tertiary/aromatic N) is 2. The molecule has 5 nitrogen and oxygen atoms in total. The lowest BCUT2D eigenvalue weighted by Gasteiger charge is -2.33. The van der Waals surface area contributed by atoms with Gasteiger partial charge in [0.2, 0.25) is 0 Å². The van der Waals surface area contributed by atoms with Crippen molar-refractivity contribution in [2.75, 3.05) is 26.2 Å². The molecule has 1 aromatic carbocycles. The normalized spacial score (nSPS) is 15.6. The lowest BCUT2D eigenvalue weighted by atomic mass is 9.99. The van der Waals surface area contributed by atoms with Crippen molar-refractivity contribution in [3.05, 3.63) is 59.5 Å². The van der Waals surface area contributed by atoms with Crippen LogP contribution in [0.15, 0.2) is 52.1 Å². The molecule has 0 radical (unpaired) electrons. The first-order chi connectivity index (χ1) is 12.8. The number of rotatable bonds is 7. The quantitative estimate of drug-likeness (QED) is 0.361. The van der Waals surface area contributed by atoms with Crippen LogP contribution in [0.25, 0.3) is 0 Å². The van der Waals surface area contributed by atoms with E-state index >= 15 is 0 Å². The maximum Gasteiger partial charge on any atom is 0.191 e. The van der Waals surface area contributed by atoms with E-state index in [0.29, 0.717) is 6.04 Å². The fourth-order valence-electron chi connectivity index (χ4n) is 3.33. The molecule has 1 unspecified atom stereocenters. The van der Waals surface area contributed by atoms with Crippen molar-refractivity contribution in [3.8, 4) is 0 Å². The fourth-order valence-corrected chi connectivity index (χ4v) is 3.33. The van der Waals surface area contributed by atoms with Gasteiger partial charge in [-0.15, -0.1) is 24.0 Å². The molecule has 27 heavy (non-hydrogen) atoms. The number of furan rings is 1. The van der Waals surface area contributed by atoms with E-state index in [1.165, 1.54) is 11.1 Å². The number of halogens is 1. The van der Waals surface area contributed by atoms with Gasteiger partial charge < -0.3 is 15.1 Å². The zero-order chi connectivity index (χ0) is 18.2. The molecule has 0 bridgehead atoms. The fraction of sp³-hybridized carbons (Fsp3) is 0.476. The maximum absolute atomic E-state index is 5.37. The zero-order valence-corrected chi connectivity index (χ0v) is 18.6. The molecule has 148 valence electrons. The number of hydrogen-bond donors (Lipinski definition) is 2. The standard InChI is InChI=1S/C21H30N4O.HI/c1-3-22-21(23-12-10-20-9-6-14-26-20)24-15-17(2)25-13-11-18-7-4-5-8-19(18)16-25;/h4-9,14,17H,3,10-13,15-16H2,1-2H3,(H2,22,23,24);1H. The van der Waals surface area contributed by atoms with E-state index in [4.69, 9.17) is 9.41 Å². The number of guanidine groups is 1. The molecule has 1 aliphatic heterocycles. The van der Waals surface area contributed by atoms with Crippen LogP contribution in [0.3, 0.4) is 0 Å². The van der Waals surface area contributed by atoms with Crippen molar-refractivity contribution in [2.24, 2.45) is 4.99 Å². The van der Waals surface area contributed by atoms with E-state index in [-0.39, 0.29) is 24.0 Å². The van der Waals surface area contributed by atoms with Gasteiger partial charge in [0, 0.05) is 38.6 Å². The van der Waals surface area contributed by atoms with E-state index in [9.17, 15) is 0 Å². The minimum absolute atomic E-state index is 0. The Bertz CT molecular complexity index is 702. The summed E-state index contributed by atoms with van der Waals surface area (Å²) in [6.45, 7) is 8.95. The van der Waals surface area contributed by atoms with Crippen molar-refractivity contribution in [2.45, 2.75) is 39.3 Å². The van der Waals surface area contributed by atoms with Crippen LogP contribution in [0.4, 0.5) is 0 Å². The van der Waals surface area contributed by atoms with Crippen molar-refractivity contribution in [1.82, 2.24) is 15.5 Å². The topological polar surface area (TPSA) is 52.8 Å². The number of hydrogen-bond acceptors (Lipinski definition) is 3. The van der Waals surface area contributed by atoms with E-state index < -0.39 is 0 Å². The number of benzene rings is 1. The van der Waals surface area contributed by atoms with Gasteiger partial charge in [0.05, 0.1) is 12.8 Å². The number of aliphatic imine (C=N–C) groups is 1. The lowest BCUT2D eigenvalue weighted by Crippen LogP contribution is -2.42. The molecule has 1 aliphatic rings. The highest BCUT2D eigenvalue weighted by Gasteiger charge is 2.20. The zero-order valence-electron chi connectivity index (χ0n) is 16.3. The van der Waals surface area contributed by atoms with Gasteiger partial charge in [0.1, 0.15) is 5.76 Å². The van der Waals surface area contributed by atoms with Gasteiger partial charge in [-0.25, -0.2) is 0 Å². The highest BCUT2D eigenvalue weighted by atomic mass is 127. The van der Waals surface area contributed by atoms with E-state index in [1.54, 1.807) is 6.26 Å². The Balaban J connectivity index is 0.00000261. The molecule has 0 saturated carbocycles. The third-order valence-corrected chi connectivity index (χ3v) is 4.89. The predicted molar refractivity (Wildman–Crippen MR) is 122 cm³/mol. The summed E-state index contributed by atoms with van der Waals surface area (Å²) in [7, 11) is 0. The van der Waals surface area contributed by atoms with E-state index in [1.807, 2.05) is 12.1 Å². The lowest BCUT2D eigenvalue weighted by molar-refractivity contribution is 0.195. The molecular formula is C21H31IN4O. The van der Waals surface area contributed by atoms with Gasteiger partial charge in [-0.3, -0.25) is 9.89 Å². The summed E-state index contributed by atoms with van der Waals surface area (Å²) in [6, 6.07) is 13.1. The van der Waals surface area contributed by atoms with Crippen LogP contribution in [0.2, 0.25) is 0 Å². The Hall–Kier alpha value is -1.54. The highest BCUT2D eigenvalue weighted by Crippen LogP contribution is 2.20. The first-order valence-electron chi connectivity index (χ1n) is 9.61. The van der Waals surface area contributed by atoms with Crippen LogP contribution in [-0.4, -0.2) is 43.1 Å². The van der Waals surface area contributed by atoms with Gasteiger partial charge in [0.15, 0.2) is 5.96 Å². The maximum atomic E-state index is 5.37. The van der Waals surface area contributed by atoms with Crippen molar-refractivity contribution in [3.63, 3.8) is 0 Å². The minimum Gasteiger partial charge on any atom is -0.469 e. The first-order valence-corrected chi connectivity index (χ1v) is 9.61. The van der Waals surface area contributed by atoms with E-state index in [2.05, 4.69) is 53.6 Å². The van der Waals surface area contributed by atoms with Crippen LogP contribution in [-0.2, 0) is 19.4 Å². The van der Waals surface area contributed by atoms with Gasteiger partial charge in [-0.1, -0.05) is 24.3 Å². The van der Waals surface area contributed by atoms with Gasteiger partial charge in [0.25, 0.3) is 0 Å². The summed E-state index contributed by atoms with van der Waals surface area (Å²) in [5, 5.41) is 6.72. The minimum atomic E-state index is 0. The molecule has 0 aliphatic carbocycles. The number of nitrogens with one attached hydrogen (secondary N) is 2. The summed E-state index contributed by atoms with van der Waals surface area (Å²) in [4.78, 5) is 7.31. The number of fused-ring (bicyclic) bond motifs is 1. The van der Waals surface area contributed by atoms with Crippen LogP contribution in [0.1, 0.15) is 30.7 Å². The molecule has 2 N–H and O–H groups in total. The third kappa shape index (κ3) is 6.53. The molecule has 0 amide bonds. The molecule has 3 rings (SSSR count).